The van der Waals surface area contributed by atoms with Crippen LogP contribution in [0, 0.1) is 5.82 Å². The molecule has 0 aliphatic carbocycles. The van der Waals surface area contributed by atoms with Crippen molar-refractivity contribution in [2.24, 2.45) is 4.99 Å². The van der Waals surface area contributed by atoms with Crippen molar-refractivity contribution in [3.63, 3.8) is 0 Å². The average molecular weight is 425 g/mol. The van der Waals surface area contributed by atoms with Crippen LogP contribution in [0.1, 0.15) is 55.9 Å². The molecule has 3 aromatic rings. The summed E-state index contributed by atoms with van der Waals surface area (Å²) in [7, 11) is 0. The first-order valence-electron chi connectivity index (χ1n) is 9.23. The topological polar surface area (TPSA) is 25.2 Å². The maximum absolute atomic E-state index is 14.0. The van der Waals surface area contributed by atoms with Crippen LogP contribution in [0.5, 0.6) is 0 Å². The molecule has 1 aliphatic rings. The molecule has 0 unspecified atom stereocenters. The standard InChI is InChI=1S/C23H22BrFN2/c1-13(2)16-8-9-17-18(20(16)24)11-23(3,4)27-21(17)15-10-14-6-5-7-19(25)22(14)26-12-15/h5-10,12-13H,11H2,1-4H3. The van der Waals surface area contributed by atoms with Crippen molar-refractivity contribution in [2.45, 2.75) is 45.6 Å². The van der Waals surface area contributed by atoms with E-state index >= 15 is 0 Å². The summed E-state index contributed by atoms with van der Waals surface area (Å²) in [5, 5.41) is 0.790. The zero-order valence-electron chi connectivity index (χ0n) is 16.0. The zero-order chi connectivity index (χ0) is 19.3. The fraction of sp³-hybridized carbons (Fsp3) is 0.304. The van der Waals surface area contributed by atoms with E-state index in [1.807, 2.05) is 12.1 Å². The minimum absolute atomic E-state index is 0.211. The summed E-state index contributed by atoms with van der Waals surface area (Å²) in [6.07, 6.45) is 2.61. The SMILES string of the molecule is CC(C)c1ccc2c(c1Br)CC(C)(C)N=C2c1cnc2c(F)cccc2c1. The molecule has 2 nitrogen and oxygen atoms in total. The second kappa shape index (κ2) is 6.52. The number of hydrogen-bond acceptors (Lipinski definition) is 2. The predicted octanol–water partition coefficient (Wildman–Crippen LogP) is 6.43. The number of benzene rings is 2. The minimum Gasteiger partial charge on any atom is -0.278 e. The summed E-state index contributed by atoms with van der Waals surface area (Å²) < 4.78 is 15.2. The molecule has 0 radical (unpaired) electrons. The summed E-state index contributed by atoms with van der Waals surface area (Å²) in [5.74, 6) is 0.148. The molecule has 1 aliphatic heterocycles. The van der Waals surface area contributed by atoms with Gasteiger partial charge in [-0.2, -0.15) is 0 Å². The predicted molar refractivity (Wildman–Crippen MR) is 113 cm³/mol. The first kappa shape index (κ1) is 18.3. The second-order valence-electron chi connectivity index (χ2n) is 8.13. The Morgan fingerprint density at radius 2 is 1.93 bits per heavy atom. The zero-order valence-corrected chi connectivity index (χ0v) is 17.6. The summed E-state index contributed by atoms with van der Waals surface area (Å²) in [6.45, 7) is 8.71. The van der Waals surface area contributed by atoms with E-state index in [0.717, 1.165) is 28.6 Å². The third kappa shape index (κ3) is 3.20. The highest BCUT2D eigenvalue weighted by molar-refractivity contribution is 9.10. The molecule has 0 atom stereocenters. The van der Waals surface area contributed by atoms with E-state index in [2.05, 4.69) is 60.7 Å². The van der Waals surface area contributed by atoms with Crippen LogP contribution in [-0.4, -0.2) is 16.2 Å². The van der Waals surface area contributed by atoms with Crippen molar-refractivity contribution in [3.05, 3.63) is 75.1 Å². The van der Waals surface area contributed by atoms with Gasteiger partial charge in [-0.25, -0.2) is 4.39 Å². The van der Waals surface area contributed by atoms with Gasteiger partial charge in [-0.15, -0.1) is 0 Å². The van der Waals surface area contributed by atoms with Crippen molar-refractivity contribution in [1.82, 2.24) is 4.98 Å². The van der Waals surface area contributed by atoms with E-state index in [1.165, 1.54) is 21.7 Å². The second-order valence-corrected chi connectivity index (χ2v) is 8.93. The van der Waals surface area contributed by atoms with Gasteiger partial charge in [-0.3, -0.25) is 9.98 Å². The summed E-state index contributed by atoms with van der Waals surface area (Å²) in [4.78, 5) is 9.41. The van der Waals surface area contributed by atoms with Crippen LogP contribution in [0.15, 0.2) is 52.1 Å². The molecule has 0 N–H and O–H groups in total. The third-order valence-corrected chi connectivity index (χ3v) is 6.05. The lowest BCUT2D eigenvalue weighted by Crippen LogP contribution is -2.30. The lowest BCUT2D eigenvalue weighted by molar-refractivity contribution is 0.512. The number of halogens is 2. The van der Waals surface area contributed by atoms with Crippen LogP contribution in [0.4, 0.5) is 4.39 Å². The highest BCUT2D eigenvalue weighted by Gasteiger charge is 2.30. The van der Waals surface area contributed by atoms with E-state index in [9.17, 15) is 4.39 Å². The molecular weight excluding hydrogens is 403 g/mol. The Labute approximate surface area is 167 Å². The fourth-order valence-corrected chi connectivity index (χ4v) is 4.73. The molecule has 0 saturated carbocycles. The number of fused-ring (bicyclic) bond motifs is 2. The van der Waals surface area contributed by atoms with Gasteiger partial charge < -0.3 is 0 Å². The molecule has 138 valence electrons. The maximum Gasteiger partial charge on any atom is 0.149 e. The van der Waals surface area contributed by atoms with Crippen LogP contribution in [-0.2, 0) is 6.42 Å². The van der Waals surface area contributed by atoms with Gasteiger partial charge in [0.05, 0.1) is 11.3 Å². The fourth-order valence-electron chi connectivity index (χ4n) is 3.79. The van der Waals surface area contributed by atoms with Crippen molar-refractivity contribution < 1.29 is 4.39 Å². The van der Waals surface area contributed by atoms with E-state index in [0.29, 0.717) is 11.4 Å². The molecule has 0 fully saturated rings. The third-order valence-electron chi connectivity index (χ3n) is 5.11. The molecular formula is C23H22BrFN2. The molecule has 0 spiro atoms. The minimum atomic E-state index is -0.297. The first-order chi connectivity index (χ1) is 12.8. The summed E-state index contributed by atoms with van der Waals surface area (Å²) >= 11 is 3.85. The Hall–Kier alpha value is -2.07. The average Bonchev–Trinajstić information content (AvgIpc) is 2.61. The van der Waals surface area contributed by atoms with E-state index in [-0.39, 0.29) is 11.4 Å². The Kier molecular flexibility index (Phi) is 4.42. The van der Waals surface area contributed by atoms with Crippen LogP contribution in [0.3, 0.4) is 0 Å². The first-order valence-corrected chi connectivity index (χ1v) is 10.0. The van der Waals surface area contributed by atoms with Crippen LogP contribution in [0.25, 0.3) is 10.9 Å². The van der Waals surface area contributed by atoms with Crippen LogP contribution < -0.4 is 0 Å². The van der Waals surface area contributed by atoms with E-state index < -0.39 is 0 Å². The van der Waals surface area contributed by atoms with Gasteiger partial charge in [0.25, 0.3) is 0 Å². The van der Waals surface area contributed by atoms with E-state index in [4.69, 9.17) is 4.99 Å². The van der Waals surface area contributed by atoms with E-state index in [1.54, 1.807) is 12.3 Å². The van der Waals surface area contributed by atoms with Crippen molar-refractivity contribution in [3.8, 4) is 0 Å². The van der Waals surface area contributed by atoms with Crippen molar-refractivity contribution >= 4 is 32.5 Å². The van der Waals surface area contributed by atoms with Gasteiger partial charge in [0, 0.05) is 27.2 Å². The van der Waals surface area contributed by atoms with Crippen molar-refractivity contribution in [2.75, 3.05) is 0 Å². The Balaban J connectivity index is 1.93. The Morgan fingerprint density at radius 3 is 2.67 bits per heavy atom. The molecule has 1 aromatic heterocycles. The van der Waals surface area contributed by atoms with Gasteiger partial charge >= 0.3 is 0 Å². The number of nitrogens with zero attached hydrogens (tertiary/aromatic N) is 2. The van der Waals surface area contributed by atoms with Crippen LogP contribution in [0.2, 0.25) is 0 Å². The van der Waals surface area contributed by atoms with Gasteiger partial charge in [0.2, 0.25) is 0 Å². The number of aromatic nitrogens is 1. The normalized spacial score (nSPS) is 15.7. The van der Waals surface area contributed by atoms with Crippen LogP contribution >= 0.6 is 15.9 Å². The molecule has 2 aromatic carbocycles. The quantitative estimate of drug-likeness (QED) is 0.464. The molecule has 0 saturated heterocycles. The Morgan fingerprint density at radius 1 is 1.15 bits per heavy atom. The number of aliphatic imine (C=N–C) groups is 1. The largest absolute Gasteiger partial charge is 0.278 e. The molecule has 0 amide bonds. The highest BCUT2D eigenvalue weighted by atomic mass is 79.9. The molecule has 4 rings (SSSR count). The van der Waals surface area contributed by atoms with Gasteiger partial charge in [0.1, 0.15) is 11.3 Å². The number of rotatable bonds is 2. The lowest BCUT2D eigenvalue weighted by atomic mass is 9.83. The highest BCUT2D eigenvalue weighted by Crippen LogP contribution is 2.38. The number of hydrogen-bond donors (Lipinski definition) is 0. The Bertz CT molecular complexity index is 1080. The lowest BCUT2D eigenvalue weighted by Gasteiger charge is -2.31. The molecule has 27 heavy (non-hydrogen) atoms. The maximum atomic E-state index is 14.0. The van der Waals surface area contributed by atoms with Gasteiger partial charge in [0.15, 0.2) is 0 Å². The molecule has 4 heteroatoms. The van der Waals surface area contributed by atoms with Gasteiger partial charge in [-0.1, -0.05) is 54.0 Å². The summed E-state index contributed by atoms with van der Waals surface area (Å²) in [6, 6.07) is 11.4. The van der Waals surface area contributed by atoms with Crippen molar-refractivity contribution in [1.29, 1.82) is 0 Å². The molecule has 2 heterocycles. The van der Waals surface area contributed by atoms with Gasteiger partial charge in [-0.05, 0) is 49.4 Å². The molecule has 0 bridgehead atoms. The summed E-state index contributed by atoms with van der Waals surface area (Å²) in [5.41, 5.74) is 5.76. The number of para-hydroxylation sites is 1. The smallest absolute Gasteiger partial charge is 0.149 e. The monoisotopic (exact) mass is 424 g/mol. The number of pyridine rings is 1.